The number of benzene rings is 2. The van der Waals surface area contributed by atoms with Crippen molar-refractivity contribution in [3.8, 4) is 11.8 Å². The summed E-state index contributed by atoms with van der Waals surface area (Å²) in [6.07, 6.45) is 3.33. The monoisotopic (exact) mass is 418 g/mol. The summed E-state index contributed by atoms with van der Waals surface area (Å²) >= 11 is 0. The van der Waals surface area contributed by atoms with Crippen LogP contribution in [0.3, 0.4) is 0 Å². The first-order chi connectivity index (χ1) is 15.1. The number of hydrogen-bond donors (Lipinski definition) is 1. The van der Waals surface area contributed by atoms with Crippen LogP contribution in [0, 0.1) is 11.3 Å². The number of carbonyl (C=O) groups is 1. The maximum Gasteiger partial charge on any atom is 0.267 e. The van der Waals surface area contributed by atoms with Crippen LogP contribution in [0.1, 0.15) is 25.0 Å². The largest absolute Gasteiger partial charge is 0.495 e. The quantitative estimate of drug-likeness (QED) is 0.544. The van der Waals surface area contributed by atoms with Crippen LogP contribution in [-0.4, -0.2) is 44.1 Å². The van der Waals surface area contributed by atoms with Crippen molar-refractivity contribution in [1.29, 1.82) is 5.26 Å². The van der Waals surface area contributed by atoms with E-state index in [1.807, 2.05) is 41.3 Å². The molecule has 3 rings (SSSR count). The second-order valence-electron chi connectivity index (χ2n) is 7.46. The van der Waals surface area contributed by atoms with Crippen molar-refractivity contribution in [3.05, 3.63) is 65.4 Å². The fraction of sp³-hybridized carbons (Fsp3) is 0.360. The van der Waals surface area contributed by atoms with Gasteiger partial charge in [0.1, 0.15) is 17.4 Å². The molecule has 2 aromatic rings. The first-order valence-electron chi connectivity index (χ1n) is 10.8. The minimum atomic E-state index is -0.356. The predicted octanol–water partition coefficient (Wildman–Crippen LogP) is 3.99. The number of nitrogens with zero attached hydrogens (tertiary/aromatic N) is 3. The number of piperazine rings is 1. The fourth-order valence-electron chi connectivity index (χ4n) is 3.89. The van der Waals surface area contributed by atoms with Gasteiger partial charge >= 0.3 is 0 Å². The zero-order chi connectivity index (χ0) is 22.2. The minimum absolute atomic E-state index is 0.124. The predicted molar refractivity (Wildman–Crippen MR) is 124 cm³/mol. The topological polar surface area (TPSA) is 68.6 Å². The number of nitriles is 1. The number of nitrogens with one attached hydrogen (secondary N) is 1. The van der Waals surface area contributed by atoms with Gasteiger partial charge in [0.15, 0.2) is 0 Å². The molecule has 1 aliphatic heterocycles. The van der Waals surface area contributed by atoms with E-state index >= 15 is 0 Å². The Morgan fingerprint density at radius 2 is 1.71 bits per heavy atom. The summed E-state index contributed by atoms with van der Waals surface area (Å²) in [6, 6.07) is 16.1. The van der Waals surface area contributed by atoms with E-state index in [1.54, 1.807) is 13.3 Å². The number of amides is 1. The molecule has 1 saturated heterocycles. The molecule has 2 aromatic carbocycles. The molecule has 0 spiro atoms. The Hall–Kier alpha value is -3.46. The van der Waals surface area contributed by atoms with Crippen LogP contribution in [0.25, 0.3) is 0 Å². The van der Waals surface area contributed by atoms with Crippen molar-refractivity contribution in [3.63, 3.8) is 0 Å². The molecule has 0 aliphatic carbocycles. The van der Waals surface area contributed by atoms with E-state index < -0.39 is 0 Å². The summed E-state index contributed by atoms with van der Waals surface area (Å²) in [6.45, 7) is 7.15. The Bertz CT molecular complexity index is 963. The lowest BCUT2D eigenvalue weighted by molar-refractivity contribution is -0.112. The Labute approximate surface area is 184 Å². The molecule has 0 atom stereocenters. The zero-order valence-corrected chi connectivity index (χ0v) is 18.5. The summed E-state index contributed by atoms with van der Waals surface area (Å²) < 4.78 is 5.47. The van der Waals surface area contributed by atoms with Crippen LogP contribution < -0.4 is 15.0 Å². The molecule has 0 bridgehead atoms. The van der Waals surface area contributed by atoms with Crippen LogP contribution in [0.5, 0.6) is 5.75 Å². The van der Waals surface area contributed by atoms with Gasteiger partial charge in [-0.15, -0.1) is 0 Å². The molecule has 162 valence electrons. The van der Waals surface area contributed by atoms with Gasteiger partial charge in [-0.2, -0.15) is 5.26 Å². The number of aryl methyl sites for hydroxylation is 2. The van der Waals surface area contributed by atoms with Gasteiger partial charge in [-0.05, 0) is 36.1 Å². The maximum absolute atomic E-state index is 12.9. The number of anilines is 2. The van der Waals surface area contributed by atoms with Crippen molar-refractivity contribution < 1.29 is 9.53 Å². The van der Waals surface area contributed by atoms with E-state index in [0.717, 1.165) is 67.3 Å². The van der Waals surface area contributed by atoms with Crippen molar-refractivity contribution in [2.24, 2.45) is 0 Å². The van der Waals surface area contributed by atoms with E-state index in [-0.39, 0.29) is 11.5 Å². The molecule has 1 aliphatic rings. The molecule has 1 amide bonds. The van der Waals surface area contributed by atoms with Crippen LogP contribution in [0.15, 0.2) is 54.2 Å². The molecule has 0 radical (unpaired) electrons. The third-order valence-electron chi connectivity index (χ3n) is 5.65. The zero-order valence-electron chi connectivity index (χ0n) is 18.5. The van der Waals surface area contributed by atoms with E-state index in [9.17, 15) is 10.1 Å². The molecule has 1 N–H and O–H groups in total. The van der Waals surface area contributed by atoms with Gasteiger partial charge in [0.2, 0.25) is 0 Å². The molecular formula is C25H30N4O2. The second kappa shape index (κ2) is 10.5. The Kier molecular flexibility index (Phi) is 7.55. The molecule has 6 heteroatoms. The maximum atomic E-state index is 12.9. The van der Waals surface area contributed by atoms with Crippen LogP contribution in [-0.2, 0) is 17.6 Å². The standard InChI is InChI=1S/C25H30N4O2/c1-4-19-9-8-10-20(5-2)24(19)27-25(30)21(17-26)18-28-13-15-29(16-14-28)22-11-6-7-12-23(22)31-3/h6-12,18H,4-5,13-16H2,1-3H3,(H,27,30)/b21-18-. The SMILES string of the molecule is CCc1cccc(CC)c1NC(=O)/C(C#N)=C\N1CCN(c2ccccc2OC)CC1. The minimum Gasteiger partial charge on any atom is -0.495 e. The molecule has 1 fully saturated rings. The van der Waals surface area contributed by atoms with Crippen molar-refractivity contribution in [2.75, 3.05) is 43.5 Å². The molecule has 0 unspecified atom stereocenters. The summed E-state index contributed by atoms with van der Waals surface area (Å²) in [7, 11) is 1.68. The second-order valence-corrected chi connectivity index (χ2v) is 7.46. The third kappa shape index (κ3) is 5.18. The summed E-state index contributed by atoms with van der Waals surface area (Å²) in [5.41, 5.74) is 4.18. The van der Waals surface area contributed by atoms with Crippen molar-refractivity contribution >= 4 is 17.3 Å². The van der Waals surface area contributed by atoms with Crippen LogP contribution in [0.4, 0.5) is 11.4 Å². The Morgan fingerprint density at radius 1 is 1.06 bits per heavy atom. The highest BCUT2D eigenvalue weighted by Gasteiger charge is 2.20. The highest BCUT2D eigenvalue weighted by Crippen LogP contribution is 2.28. The average Bonchev–Trinajstić information content (AvgIpc) is 2.82. The Balaban J connectivity index is 1.69. The van der Waals surface area contributed by atoms with Gasteiger partial charge in [-0.3, -0.25) is 4.79 Å². The first-order valence-corrected chi connectivity index (χ1v) is 10.8. The molecule has 0 aromatic heterocycles. The average molecular weight is 419 g/mol. The number of carbonyl (C=O) groups excluding carboxylic acids is 1. The van der Waals surface area contributed by atoms with Gasteiger partial charge in [-0.25, -0.2) is 0 Å². The van der Waals surface area contributed by atoms with Crippen LogP contribution in [0.2, 0.25) is 0 Å². The lowest BCUT2D eigenvalue weighted by Gasteiger charge is -2.36. The lowest BCUT2D eigenvalue weighted by Crippen LogP contribution is -2.44. The van der Waals surface area contributed by atoms with E-state index in [2.05, 4.69) is 36.2 Å². The molecule has 6 nitrogen and oxygen atoms in total. The molecular weight excluding hydrogens is 388 g/mol. The molecule has 1 heterocycles. The lowest BCUT2D eigenvalue weighted by atomic mass is 10.0. The first kappa shape index (κ1) is 22.2. The van der Waals surface area contributed by atoms with Gasteiger partial charge in [0.25, 0.3) is 5.91 Å². The normalized spacial score (nSPS) is 14.2. The van der Waals surface area contributed by atoms with Gasteiger partial charge in [0.05, 0.1) is 12.8 Å². The molecule has 0 saturated carbocycles. The number of hydrogen-bond acceptors (Lipinski definition) is 5. The summed E-state index contributed by atoms with van der Waals surface area (Å²) in [4.78, 5) is 17.2. The van der Waals surface area contributed by atoms with E-state index in [4.69, 9.17) is 4.74 Å². The summed E-state index contributed by atoms with van der Waals surface area (Å²) in [5.74, 6) is 0.496. The van der Waals surface area contributed by atoms with Gasteiger partial charge < -0.3 is 19.9 Å². The highest BCUT2D eigenvalue weighted by molar-refractivity contribution is 6.07. The fourth-order valence-corrected chi connectivity index (χ4v) is 3.89. The number of rotatable bonds is 7. The van der Waals surface area contributed by atoms with Crippen LogP contribution >= 0.6 is 0 Å². The highest BCUT2D eigenvalue weighted by atomic mass is 16.5. The van der Waals surface area contributed by atoms with Gasteiger partial charge in [0, 0.05) is 38.1 Å². The number of para-hydroxylation sites is 3. The van der Waals surface area contributed by atoms with E-state index in [0.29, 0.717) is 0 Å². The van der Waals surface area contributed by atoms with Crippen molar-refractivity contribution in [2.45, 2.75) is 26.7 Å². The summed E-state index contributed by atoms with van der Waals surface area (Å²) in [5, 5.41) is 12.6. The van der Waals surface area contributed by atoms with Gasteiger partial charge in [-0.1, -0.05) is 44.2 Å². The van der Waals surface area contributed by atoms with Crippen molar-refractivity contribution in [1.82, 2.24) is 4.90 Å². The van der Waals surface area contributed by atoms with E-state index in [1.165, 1.54) is 0 Å². The number of methoxy groups -OCH3 is 1. The smallest absolute Gasteiger partial charge is 0.267 e. The third-order valence-corrected chi connectivity index (χ3v) is 5.65. The Morgan fingerprint density at radius 3 is 2.29 bits per heavy atom. The molecule has 31 heavy (non-hydrogen) atoms. The number of ether oxygens (including phenoxy) is 1.